The van der Waals surface area contributed by atoms with Gasteiger partial charge in [0.2, 0.25) is 5.91 Å². The number of amides is 1. The third kappa shape index (κ3) is 2.68. The number of piperidine rings is 1. The standard InChI is InChI=1S/C15H24N2O/c1-15(2)8-4-3-5-13(15)14(18)17-9-6-12(11-16)7-10-17/h12-13H,3-10H2,1-2H3. The van der Waals surface area contributed by atoms with Gasteiger partial charge >= 0.3 is 0 Å². The van der Waals surface area contributed by atoms with Crippen molar-refractivity contribution in [2.24, 2.45) is 17.3 Å². The highest BCUT2D eigenvalue weighted by molar-refractivity contribution is 5.79. The number of carbonyl (C=O) groups excluding carboxylic acids is 1. The molecule has 2 aliphatic rings. The summed E-state index contributed by atoms with van der Waals surface area (Å²) in [4.78, 5) is 14.6. The van der Waals surface area contributed by atoms with Gasteiger partial charge in [-0.15, -0.1) is 0 Å². The van der Waals surface area contributed by atoms with Gasteiger partial charge < -0.3 is 4.90 Å². The molecule has 0 aromatic rings. The van der Waals surface area contributed by atoms with Gasteiger partial charge in [-0.1, -0.05) is 26.7 Å². The van der Waals surface area contributed by atoms with Crippen LogP contribution < -0.4 is 0 Å². The minimum absolute atomic E-state index is 0.154. The van der Waals surface area contributed by atoms with Crippen LogP contribution in [0.2, 0.25) is 0 Å². The Morgan fingerprint density at radius 3 is 2.44 bits per heavy atom. The molecule has 0 N–H and O–H groups in total. The van der Waals surface area contributed by atoms with E-state index in [0.29, 0.717) is 5.91 Å². The van der Waals surface area contributed by atoms with E-state index in [1.54, 1.807) is 0 Å². The van der Waals surface area contributed by atoms with Crippen LogP contribution in [0.25, 0.3) is 0 Å². The molecule has 0 bridgehead atoms. The number of rotatable bonds is 1. The third-order valence-electron chi connectivity index (χ3n) is 4.79. The van der Waals surface area contributed by atoms with Crippen LogP contribution in [0.4, 0.5) is 0 Å². The molecule has 1 heterocycles. The van der Waals surface area contributed by atoms with Crippen LogP contribution >= 0.6 is 0 Å². The summed E-state index contributed by atoms with van der Waals surface area (Å²) < 4.78 is 0. The van der Waals surface area contributed by atoms with Gasteiger partial charge in [0.15, 0.2) is 0 Å². The topological polar surface area (TPSA) is 44.1 Å². The van der Waals surface area contributed by atoms with E-state index in [0.717, 1.165) is 38.8 Å². The molecule has 1 atom stereocenters. The molecule has 0 aromatic carbocycles. The van der Waals surface area contributed by atoms with E-state index in [1.165, 1.54) is 12.8 Å². The van der Waals surface area contributed by atoms with E-state index < -0.39 is 0 Å². The molecule has 18 heavy (non-hydrogen) atoms. The average molecular weight is 248 g/mol. The first-order chi connectivity index (χ1) is 8.54. The Kier molecular flexibility index (Phi) is 3.94. The Morgan fingerprint density at radius 2 is 1.89 bits per heavy atom. The smallest absolute Gasteiger partial charge is 0.226 e. The van der Waals surface area contributed by atoms with Crippen molar-refractivity contribution >= 4 is 5.91 Å². The first-order valence-electron chi connectivity index (χ1n) is 7.23. The normalized spacial score (nSPS) is 28.7. The fourth-order valence-electron chi connectivity index (χ4n) is 3.40. The van der Waals surface area contributed by atoms with Gasteiger partial charge in [0.05, 0.1) is 6.07 Å². The fourth-order valence-corrected chi connectivity index (χ4v) is 3.40. The number of likely N-dealkylation sites (tertiary alicyclic amines) is 1. The molecule has 0 radical (unpaired) electrons. The maximum Gasteiger partial charge on any atom is 0.226 e. The second kappa shape index (κ2) is 5.30. The highest BCUT2D eigenvalue weighted by Crippen LogP contribution is 2.41. The van der Waals surface area contributed by atoms with Gasteiger partial charge in [-0.2, -0.15) is 5.26 Å². The lowest BCUT2D eigenvalue weighted by Crippen LogP contribution is -2.46. The molecule has 1 aliphatic heterocycles. The van der Waals surface area contributed by atoms with Crippen LogP contribution in [0.3, 0.4) is 0 Å². The molecule has 0 spiro atoms. The quantitative estimate of drug-likeness (QED) is 0.716. The largest absolute Gasteiger partial charge is 0.342 e. The SMILES string of the molecule is CC1(C)CCCCC1C(=O)N1CCC(C#N)CC1. The molecular weight excluding hydrogens is 224 g/mol. The summed E-state index contributed by atoms with van der Waals surface area (Å²) in [7, 11) is 0. The Bertz CT molecular complexity index is 348. The Morgan fingerprint density at radius 1 is 1.22 bits per heavy atom. The van der Waals surface area contributed by atoms with Crippen LogP contribution in [0.1, 0.15) is 52.4 Å². The Labute approximate surface area is 110 Å². The molecule has 1 amide bonds. The van der Waals surface area contributed by atoms with Crippen molar-refractivity contribution in [3.05, 3.63) is 0 Å². The summed E-state index contributed by atoms with van der Waals surface area (Å²) in [5.41, 5.74) is 0.154. The summed E-state index contributed by atoms with van der Waals surface area (Å²) in [6.45, 7) is 6.03. The molecule has 1 unspecified atom stereocenters. The molecule has 1 saturated heterocycles. The monoisotopic (exact) mass is 248 g/mol. The van der Waals surface area contributed by atoms with Gasteiger partial charge in [-0.25, -0.2) is 0 Å². The van der Waals surface area contributed by atoms with E-state index >= 15 is 0 Å². The van der Waals surface area contributed by atoms with Crippen molar-refractivity contribution in [1.29, 1.82) is 5.26 Å². The predicted molar refractivity (Wildman–Crippen MR) is 70.7 cm³/mol. The van der Waals surface area contributed by atoms with Gasteiger partial charge in [0.25, 0.3) is 0 Å². The van der Waals surface area contributed by atoms with E-state index in [1.807, 2.05) is 4.90 Å². The number of nitriles is 1. The van der Waals surface area contributed by atoms with Crippen LogP contribution in [0.15, 0.2) is 0 Å². The van der Waals surface area contributed by atoms with E-state index in [2.05, 4.69) is 19.9 Å². The third-order valence-corrected chi connectivity index (χ3v) is 4.79. The molecule has 100 valence electrons. The minimum atomic E-state index is 0.154. The van der Waals surface area contributed by atoms with Crippen molar-refractivity contribution < 1.29 is 4.79 Å². The molecule has 0 aromatic heterocycles. The number of hydrogen-bond acceptors (Lipinski definition) is 2. The molecule has 1 aliphatic carbocycles. The predicted octanol–water partition coefficient (Wildman–Crippen LogP) is 2.96. The summed E-state index contributed by atoms with van der Waals surface area (Å²) in [5, 5.41) is 8.89. The molecule has 2 rings (SSSR count). The summed E-state index contributed by atoms with van der Waals surface area (Å²) >= 11 is 0. The van der Waals surface area contributed by atoms with Crippen LogP contribution in [0, 0.1) is 28.6 Å². The molecular formula is C15H24N2O. The number of hydrogen-bond donors (Lipinski definition) is 0. The maximum absolute atomic E-state index is 12.6. The van der Waals surface area contributed by atoms with Crippen molar-refractivity contribution in [1.82, 2.24) is 4.90 Å². The average Bonchev–Trinajstić information content (AvgIpc) is 2.37. The fraction of sp³-hybridized carbons (Fsp3) is 0.867. The number of carbonyl (C=O) groups is 1. The summed E-state index contributed by atoms with van der Waals surface area (Å²) in [6.07, 6.45) is 6.37. The van der Waals surface area contributed by atoms with Crippen molar-refractivity contribution in [2.75, 3.05) is 13.1 Å². The zero-order chi connectivity index (χ0) is 13.2. The first-order valence-corrected chi connectivity index (χ1v) is 7.23. The lowest BCUT2D eigenvalue weighted by atomic mass is 9.68. The van der Waals surface area contributed by atoms with Gasteiger partial charge in [-0.3, -0.25) is 4.79 Å². The van der Waals surface area contributed by atoms with Crippen molar-refractivity contribution in [3.8, 4) is 6.07 Å². The van der Waals surface area contributed by atoms with Crippen LogP contribution in [-0.2, 0) is 4.79 Å². The van der Waals surface area contributed by atoms with E-state index in [-0.39, 0.29) is 17.3 Å². The van der Waals surface area contributed by atoms with Gasteiger partial charge in [-0.05, 0) is 31.1 Å². The van der Waals surface area contributed by atoms with Gasteiger partial charge in [0, 0.05) is 24.9 Å². The Hall–Kier alpha value is -1.04. The highest BCUT2D eigenvalue weighted by atomic mass is 16.2. The van der Waals surface area contributed by atoms with Crippen molar-refractivity contribution in [2.45, 2.75) is 52.4 Å². The second-order valence-electron chi connectivity index (χ2n) is 6.52. The zero-order valence-electron chi connectivity index (χ0n) is 11.6. The zero-order valence-corrected chi connectivity index (χ0v) is 11.6. The van der Waals surface area contributed by atoms with E-state index in [4.69, 9.17) is 5.26 Å². The summed E-state index contributed by atoms with van der Waals surface area (Å²) in [5.74, 6) is 0.703. The van der Waals surface area contributed by atoms with Crippen LogP contribution in [0.5, 0.6) is 0 Å². The number of nitrogens with zero attached hydrogens (tertiary/aromatic N) is 2. The first kappa shape index (κ1) is 13.4. The molecule has 1 saturated carbocycles. The molecule has 2 fully saturated rings. The highest BCUT2D eigenvalue weighted by Gasteiger charge is 2.39. The van der Waals surface area contributed by atoms with E-state index in [9.17, 15) is 4.79 Å². The molecule has 3 heteroatoms. The molecule has 3 nitrogen and oxygen atoms in total. The Balaban J connectivity index is 1.97. The van der Waals surface area contributed by atoms with Gasteiger partial charge in [0.1, 0.15) is 0 Å². The van der Waals surface area contributed by atoms with Crippen molar-refractivity contribution in [3.63, 3.8) is 0 Å². The lowest BCUT2D eigenvalue weighted by molar-refractivity contribution is -0.142. The lowest BCUT2D eigenvalue weighted by Gasteiger charge is -2.41. The maximum atomic E-state index is 12.6. The second-order valence-corrected chi connectivity index (χ2v) is 6.52. The summed E-state index contributed by atoms with van der Waals surface area (Å²) in [6, 6.07) is 2.32. The van der Waals surface area contributed by atoms with Crippen LogP contribution in [-0.4, -0.2) is 23.9 Å². The minimum Gasteiger partial charge on any atom is -0.342 e.